The van der Waals surface area contributed by atoms with Gasteiger partial charge in [0.05, 0.1) is 0 Å². The molecule has 8 heteroatoms. The van der Waals surface area contributed by atoms with Gasteiger partial charge in [-0.15, -0.1) is 0 Å². The van der Waals surface area contributed by atoms with Gasteiger partial charge in [0, 0.05) is 6.61 Å². The summed E-state index contributed by atoms with van der Waals surface area (Å²) >= 11 is 0. The van der Waals surface area contributed by atoms with Gasteiger partial charge in [-0.3, -0.25) is 4.79 Å². The number of carbonyl (C=O) groups is 3. The van der Waals surface area contributed by atoms with Crippen molar-refractivity contribution in [1.29, 1.82) is 0 Å². The van der Waals surface area contributed by atoms with Crippen LogP contribution in [0.5, 0.6) is 0 Å². The summed E-state index contributed by atoms with van der Waals surface area (Å²) in [5.74, 6) is -0.736. The summed E-state index contributed by atoms with van der Waals surface area (Å²) in [6.45, 7) is 3.88. The van der Waals surface area contributed by atoms with Crippen LogP contribution < -0.4 is 11.5 Å². The second-order valence-electron chi connectivity index (χ2n) is 4.78. The van der Waals surface area contributed by atoms with E-state index in [1.54, 1.807) is 0 Å². The predicted octanol–water partition coefficient (Wildman–Crippen LogP) is 0.320. The number of nitrogens with two attached hydrogens (primary N) is 2. The molecular formula is C12H23N3O5. The summed E-state index contributed by atoms with van der Waals surface area (Å²) in [5, 5.41) is 8.33. The van der Waals surface area contributed by atoms with Gasteiger partial charge in [0.25, 0.3) is 5.91 Å². The van der Waals surface area contributed by atoms with Gasteiger partial charge in [-0.25, -0.2) is 9.59 Å². The molecule has 1 fully saturated rings. The van der Waals surface area contributed by atoms with Gasteiger partial charge in [0.1, 0.15) is 0 Å². The zero-order chi connectivity index (χ0) is 15.8. The quantitative estimate of drug-likeness (QED) is 0.623. The van der Waals surface area contributed by atoms with Crippen molar-refractivity contribution in [2.45, 2.75) is 45.1 Å². The number of unbranched alkanes of at least 4 members (excludes halogenated alkanes) is 3. The van der Waals surface area contributed by atoms with Crippen LogP contribution >= 0.6 is 0 Å². The van der Waals surface area contributed by atoms with Crippen LogP contribution in [0.3, 0.4) is 0 Å². The van der Waals surface area contributed by atoms with Crippen LogP contribution in [0.4, 0.5) is 9.59 Å². The number of hydrogen-bond acceptors (Lipinski definition) is 6. The van der Waals surface area contributed by atoms with Crippen molar-refractivity contribution in [3.63, 3.8) is 0 Å². The summed E-state index contributed by atoms with van der Waals surface area (Å²) in [4.78, 5) is 32.8. The number of amides is 4. The molecule has 0 aromatic rings. The molecule has 1 rings (SSSR count). The molecule has 1 saturated heterocycles. The van der Waals surface area contributed by atoms with Crippen LogP contribution in [0, 0.1) is 0 Å². The van der Waals surface area contributed by atoms with Gasteiger partial charge in [-0.05, 0) is 33.2 Å². The minimum atomic E-state index is -1.29. The van der Waals surface area contributed by atoms with E-state index in [1.165, 1.54) is 13.8 Å². The lowest BCUT2D eigenvalue weighted by Gasteiger charge is -2.10. The van der Waals surface area contributed by atoms with Gasteiger partial charge in [0.2, 0.25) is 0 Å². The van der Waals surface area contributed by atoms with E-state index in [-0.39, 0.29) is 4.90 Å². The molecule has 0 radical (unpaired) electrons. The highest BCUT2D eigenvalue weighted by atomic mass is 16.6. The van der Waals surface area contributed by atoms with Gasteiger partial charge in [-0.1, -0.05) is 12.8 Å². The van der Waals surface area contributed by atoms with Crippen molar-refractivity contribution in [3.05, 3.63) is 0 Å². The minimum Gasteiger partial charge on any atom is -0.433 e. The van der Waals surface area contributed by atoms with Crippen LogP contribution in [0.15, 0.2) is 0 Å². The molecule has 0 aliphatic carbocycles. The zero-order valence-corrected chi connectivity index (χ0v) is 11.9. The Hall–Kier alpha value is -1.67. The minimum absolute atomic E-state index is 0.278. The number of imide groups is 3. The molecule has 8 nitrogen and oxygen atoms in total. The molecule has 0 aromatic carbocycles. The number of aliphatic hydroxyl groups is 1. The van der Waals surface area contributed by atoms with E-state index in [1.807, 2.05) is 0 Å². The topological polar surface area (TPSA) is 136 Å². The van der Waals surface area contributed by atoms with Crippen LogP contribution in [0.25, 0.3) is 0 Å². The first-order valence-electron chi connectivity index (χ1n) is 6.45. The normalized spacial score (nSPS) is 16.5. The molecule has 116 valence electrons. The second-order valence-corrected chi connectivity index (χ2v) is 4.78. The standard InChI is InChI=1S/C6H8N2O4.C6H15NO/c1-6(2)3(9)8(4(7)10)5(11)12-6;7-5-3-1-2-4-6-8/h1-2H3,(H2,7,10);8H,1-7H2. The number of carbonyl (C=O) groups excluding carboxylic acids is 3. The first kappa shape index (κ1) is 18.3. The fraction of sp³-hybridized carbons (Fsp3) is 0.750. The molecule has 0 saturated carbocycles. The maximum Gasteiger partial charge on any atom is 0.426 e. The van der Waals surface area contributed by atoms with Crippen LogP contribution in [0.1, 0.15) is 39.5 Å². The number of rotatable bonds is 5. The number of primary amides is 1. The number of ether oxygens (including phenoxy) is 1. The van der Waals surface area contributed by atoms with Crippen molar-refractivity contribution in [2.24, 2.45) is 11.5 Å². The molecule has 0 atom stereocenters. The molecule has 20 heavy (non-hydrogen) atoms. The van der Waals surface area contributed by atoms with E-state index < -0.39 is 23.6 Å². The summed E-state index contributed by atoms with van der Waals surface area (Å²) in [6, 6.07) is -1.12. The Morgan fingerprint density at radius 1 is 1.25 bits per heavy atom. The molecule has 0 unspecified atom stereocenters. The van der Waals surface area contributed by atoms with Crippen LogP contribution in [0.2, 0.25) is 0 Å². The van der Waals surface area contributed by atoms with E-state index in [4.69, 9.17) is 16.6 Å². The van der Waals surface area contributed by atoms with E-state index in [0.717, 1.165) is 32.2 Å². The van der Waals surface area contributed by atoms with Gasteiger partial charge in [-0.2, -0.15) is 4.90 Å². The second kappa shape index (κ2) is 8.49. The van der Waals surface area contributed by atoms with E-state index >= 15 is 0 Å². The third kappa shape index (κ3) is 5.54. The lowest BCUT2D eigenvalue weighted by Crippen LogP contribution is -2.43. The van der Waals surface area contributed by atoms with E-state index in [2.05, 4.69) is 4.74 Å². The van der Waals surface area contributed by atoms with Crippen molar-refractivity contribution >= 4 is 18.0 Å². The monoisotopic (exact) mass is 289 g/mol. The average Bonchev–Trinajstić information content (AvgIpc) is 2.55. The van der Waals surface area contributed by atoms with Gasteiger partial charge < -0.3 is 21.3 Å². The van der Waals surface area contributed by atoms with E-state index in [0.29, 0.717) is 6.61 Å². The molecule has 0 aromatic heterocycles. The highest BCUT2D eigenvalue weighted by molar-refractivity contribution is 6.14. The first-order valence-corrected chi connectivity index (χ1v) is 6.45. The SMILES string of the molecule is CC1(C)OC(=O)N(C(N)=O)C1=O.NCCCCCCO. The number of aliphatic hydroxyl groups excluding tert-OH is 1. The van der Waals surface area contributed by atoms with Gasteiger partial charge >= 0.3 is 12.1 Å². The molecule has 5 N–H and O–H groups in total. The summed E-state index contributed by atoms with van der Waals surface area (Å²) in [5.41, 5.74) is 8.73. The third-order valence-corrected chi connectivity index (χ3v) is 2.58. The van der Waals surface area contributed by atoms with Crippen molar-refractivity contribution in [1.82, 2.24) is 4.90 Å². The predicted molar refractivity (Wildman–Crippen MR) is 71.6 cm³/mol. The Morgan fingerprint density at radius 3 is 2.10 bits per heavy atom. The van der Waals surface area contributed by atoms with Crippen LogP contribution in [-0.2, 0) is 9.53 Å². The lowest BCUT2D eigenvalue weighted by molar-refractivity contribution is -0.132. The Kier molecular flexibility index (Phi) is 7.78. The molecule has 1 aliphatic heterocycles. The highest BCUT2D eigenvalue weighted by Gasteiger charge is 2.49. The molecule has 4 amide bonds. The van der Waals surface area contributed by atoms with Crippen LogP contribution in [-0.4, -0.2) is 46.8 Å². The largest absolute Gasteiger partial charge is 0.433 e. The van der Waals surface area contributed by atoms with E-state index in [9.17, 15) is 14.4 Å². The molecule has 1 heterocycles. The highest BCUT2D eigenvalue weighted by Crippen LogP contribution is 2.22. The first-order chi connectivity index (χ1) is 9.27. The number of nitrogens with zero attached hydrogens (tertiary/aromatic N) is 1. The average molecular weight is 289 g/mol. The molecule has 0 bridgehead atoms. The number of cyclic esters (lactones) is 1. The maximum absolute atomic E-state index is 11.2. The van der Waals surface area contributed by atoms with Crippen molar-refractivity contribution in [2.75, 3.05) is 13.2 Å². The van der Waals surface area contributed by atoms with Gasteiger partial charge in [0.15, 0.2) is 5.60 Å². The fourth-order valence-corrected chi connectivity index (χ4v) is 1.46. The van der Waals surface area contributed by atoms with Crippen molar-refractivity contribution < 1.29 is 24.2 Å². The Morgan fingerprint density at radius 2 is 1.80 bits per heavy atom. The molecular weight excluding hydrogens is 266 g/mol. The smallest absolute Gasteiger partial charge is 0.426 e. The Labute approximate surface area is 118 Å². The summed E-state index contributed by atoms with van der Waals surface area (Å²) in [6.07, 6.45) is 3.29. The lowest BCUT2D eigenvalue weighted by atomic mass is 10.1. The van der Waals surface area contributed by atoms with Crippen molar-refractivity contribution in [3.8, 4) is 0 Å². The zero-order valence-electron chi connectivity index (χ0n) is 11.9. The maximum atomic E-state index is 11.2. The number of hydrogen-bond donors (Lipinski definition) is 3. The molecule has 1 aliphatic rings. The third-order valence-electron chi connectivity index (χ3n) is 2.58. The fourth-order valence-electron chi connectivity index (χ4n) is 1.46. The Bertz CT molecular complexity index is 351. The molecule has 0 spiro atoms. The Balaban J connectivity index is 0.000000396. The summed E-state index contributed by atoms with van der Waals surface area (Å²) in [7, 11) is 0. The number of urea groups is 1. The summed E-state index contributed by atoms with van der Waals surface area (Å²) < 4.78 is 4.57.